The minimum atomic E-state index is -0.218. The van der Waals surface area contributed by atoms with Gasteiger partial charge in [-0.2, -0.15) is 0 Å². The minimum Gasteiger partial charge on any atom is -0.493 e. The van der Waals surface area contributed by atoms with Crippen molar-refractivity contribution < 1.29 is 9.13 Å². The third-order valence-electron chi connectivity index (χ3n) is 3.54. The summed E-state index contributed by atoms with van der Waals surface area (Å²) >= 11 is 0. The van der Waals surface area contributed by atoms with Crippen LogP contribution in [0.25, 0.3) is 0 Å². The molecule has 0 aliphatic heterocycles. The first kappa shape index (κ1) is 17.0. The molecule has 1 rings (SSSR count). The summed E-state index contributed by atoms with van der Waals surface area (Å²) in [4.78, 5) is 0. The Morgan fingerprint density at radius 1 is 1.15 bits per heavy atom. The van der Waals surface area contributed by atoms with Crippen molar-refractivity contribution in [3.63, 3.8) is 0 Å². The molecule has 20 heavy (non-hydrogen) atoms. The Balaban J connectivity index is 2.45. The molecule has 1 aromatic rings. The van der Waals surface area contributed by atoms with Crippen LogP contribution in [0, 0.1) is 12.7 Å². The summed E-state index contributed by atoms with van der Waals surface area (Å²) in [6, 6.07) is 3.03. The van der Waals surface area contributed by atoms with Crippen molar-refractivity contribution in [1.82, 2.24) is 0 Å². The third-order valence-corrected chi connectivity index (χ3v) is 3.54. The first-order valence-electron chi connectivity index (χ1n) is 7.74. The van der Waals surface area contributed by atoms with E-state index in [0.29, 0.717) is 12.2 Å². The molecule has 114 valence electrons. The van der Waals surface area contributed by atoms with E-state index in [0.717, 1.165) is 17.7 Å². The van der Waals surface area contributed by atoms with Gasteiger partial charge in [0.2, 0.25) is 0 Å². The molecule has 0 aromatic heterocycles. The molecular weight excluding hydrogens is 253 g/mol. The molecule has 0 radical (unpaired) electrons. The van der Waals surface area contributed by atoms with Crippen LogP contribution >= 0.6 is 0 Å². The highest BCUT2D eigenvalue weighted by Crippen LogP contribution is 2.27. The molecule has 1 unspecified atom stereocenters. The maximum absolute atomic E-state index is 13.6. The van der Waals surface area contributed by atoms with Crippen molar-refractivity contribution in [3.8, 4) is 5.75 Å². The summed E-state index contributed by atoms with van der Waals surface area (Å²) in [5.41, 5.74) is 7.23. The summed E-state index contributed by atoms with van der Waals surface area (Å²) in [7, 11) is 0. The Kier molecular flexibility index (Phi) is 7.60. The second kappa shape index (κ2) is 8.96. The first-order chi connectivity index (χ1) is 9.56. The normalized spacial score (nSPS) is 12.4. The monoisotopic (exact) mass is 281 g/mol. The van der Waals surface area contributed by atoms with Crippen molar-refractivity contribution in [1.29, 1.82) is 0 Å². The summed E-state index contributed by atoms with van der Waals surface area (Å²) in [6.45, 7) is 6.49. The molecule has 3 heteroatoms. The zero-order valence-corrected chi connectivity index (χ0v) is 13.0. The second-order valence-electron chi connectivity index (χ2n) is 5.54. The zero-order valence-electron chi connectivity index (χ0n) is 13.0. The van der Waals surface area contributed by atoms with Crippen LogP contribution in [0.3, 0.4) is 0 Å². The highest BCUT2D eigenvalue weighted by atomic mass is 19.1. The number of nitrogens with two attached hydrogens (primary N) is 1. The van der Waals surface area contributed by atoms with Crippen LogP contribution in [0.4, 0.5) is 4.39 Å². The standard InChI is InChI=1S/C17H28FNO/c1-4-5-6-7-8-9-10-20-17-11-13(2)16(18)12-15(17)14(3)19/h11-12,14H,4-10,19H2,1-3H3. The van der Waals surface area contributed by atoms with E-state index in [4.69, 9.17) is 10.5 Å². The number of hydrogen-bond acceptors (Lipinski definition) is 2. The van der Waals surface area contributed by atoms with Crippen molar-refractivity contribution >= 4 is 0 Å². The van der Waals surface area contributed by atoms with E-state index in [-0.39, 0.29) is 11.9 Å². The number of rotatable bonds is 9. The summed E-state index contributed by atoms with van der Waals surface area (Å²) in [5, 5.41) is 0. The SMILES string of the molecule is CCCCCCCCOc1cc(C)c(F)cc1C(C)N. The maximum atomic E-state index is 13.6. The third kappa shape index (κ3) is 5.49. The van der Waals surface area contributed by atoms with E-state index in [1.807, 2.05) is 6.92 Å². The van der Waals surface area contributed by atoms with Gasteiger partial charge in [0.05, 0.1) is 6.61 Å². The second-order valence-corrected chi connectivity index (χ2v) is 5.54. The van der Waals surface area contributed by atoms with Gasteiger partial charge >= 0.3 is 0 Å². The number of hydrogen-bond donors (Lipinski definition) is 1. The number of aryl methyl sites for hydroxylation is 1. The smallest absolute Gasteiger partial charge is 0.126 e. The molecule has 1 atom stereocenters. The van der Waals surface area contributed by atoms with Gasteiger partial charge in [-0.15, -0.1) is 0 Å². The molecule has 1 aromatic carbocycles. The lowest BCUT2D eigenvalue weighted by atomic mass is 10.1. The average molecular weight is 281 g/mol. The predicted octanol–water partition coefficient (Wildman–Crippen LogP) is 4.89. The van der Waals surface area contributed by atoms with Gasteiger partial charge in [-0.05, 0) is 38.0 Å². The Labute approximate surface area is 122 Å². The van der Waals surface area contributed by atoms with Gasteiger partial charge in [0.1, 0.15) is 11.6 Å². The predicted molar refractivity (Wildman–Crippen MR) is 82.6 cm³/mol. The van der Waals surface area contributed by atoms with Crippen LogP contribution in [-0.2, 0) is 0 Å². The van der Waals surface area contributed by atoms with E-state index in [1.54, 1.807) is 13.0 Å². The zero-order chi connectivity index (χ0) is 15.0. The number of halogens is 1. The first-order valence-corrected chi connectivity index (χ1v) is 7.74. The fraction of sp³-hybridized carbons (Fsp3) is 0.647. The van der Waals surface area contributed by atoms with E-state index in [1.165, 1.54) is 38.2 Å². The fourth-order valence-corrected chi connectivity index (χ4v) is 2.22. The maximum Gasteiger partial charge on any atom is 0.126 e. The number of ether oxygens (including phenoxy) is 1. The van der Waals surface area contributed by atoms with Gasteiger partial charge in [-0.25, -0.2) is 4.39 Å². The molecule has 0 saturated carbocycles. The van der Waals surface area contributed by atoms with Gasteiger partial charge in [-0.1, -0.05) is 39.0 Å². The molecule has 0 aliphatic carbocycles. The van der Waals surface area contributed by atoms with Crippen LogP contribution < -0.4 is 10.5 Å². The van der Waals surface area contributed by atoms with Gasteiger partial charge < -0.3 is 10.5 Å². The molecule has 0 saturated heterocycles. The Morgan fingerprint density at radius 3 is 2.45 bits per heavy atom. The topological polar surface area (TPSA) is 35.2 Å². The summed E-state index contributed by atoms with van der Waals surface area (Å²) in [6.07, 6.45) is 7.37. The highest BCUT2D eigenvalue weighted by Gasteiger charge is 2.12. The van der Waals surface area contributed by atoms with Crippen molar-refractivity contribution in [3.05, 3.63) is 29.1 Å². The lowest BCUT2D eigenvalue weighted by Gasteiger charge is -2.15. The van der Waals surface area contributed by atoms with E-state index < -0.39 is 0 Å². The van der Waals surface area contributed by atoms with Crippen LogP contribution in [0.15, 0.2) is 12.1 Å². The molecule has 2 nitrogen and oxygen atoms in total. The lowest BCUT2D eigenvalue weighted by Crippen LogP contribution is -2.10. The molecule has 0 fully saturated rings. The summed E-state index contributed by atoms with van der Waals surface area (Å²) < 4.78 is 19.4. The van der Waals surface area contributed by atoms with Gasteiger partial charge in [-0.3, -0.25) is 0 Å². The van der Waals surface area contributed by atoms with E-state index in [9.17, 15) is 4.39 Å². The molecule has 0 heterocycles. The van der Waals surface area contributed by atoms with Crippen molar-refractivity contribution in [2.24, 2.45) is 5.73 Å². The van der Waals surface area contributed by atoms with Crippen LogP contribution in [0.5, 0.6) is 5.75 Å². The van der Waals surface area contributed by atoms with Gasteiger partial charge in [0, 0.05) is 11.6 Å². The molecular formula is C17H28FNO. The van der Waals surface area contributed by atoms with Crippen LogP contribution in [0.2, 0.25) is 0 Å². The van der Waals surface area contributed by atoms with Crippen molar-refractivity contribution in [2.45, 2.75) is 65.3 Å². The van der Waals surface area contributed by atoms with Gasteiger partial charge in [0.15, 0.2) is 0 Å². The Bertz CT molecular complexity index is 404. The minimum absolute atomic E-state index is 0.218. The van der Waals surface area contributed by atoms with E-state index in [2.05, 4.69) is 6.92 Å². The largest absolute Gasteiger partial charge is 0.493 e. The summed E-state index contributed by atoms with van der Waals surface area (Å²) in [5.74, 6) is 0.511. The number of benzene rings is 1. The van der Waals surface area contributed by atoms with E-state index >= 15 is 0 Å². The Morgan fingerprint density at radius 2 is 1.80 bits per heavy atom. The van der Waals surface area contributed by atoms with Crippen LogP contribution in [0.1, 0.15) is 69.5 Å². The average Bonchev–Trinajstić information content (AvgIpc) is 2.41. The molecule has 0 spiro atoms. The molecule has 0 aliphatic rings. The quantitative estimate of drug-likeness (QED) is 0.654. The Hall–Kier alpha value is -1.09. The molecule has 0 amide bonds. The van der Waals surface area contributed by atoms with Gasteiger partial charge in [0.25, 0.3) is 0 Å². The highest BCUT2D eigenvalue weighted by molar-refractivity contribution is 5.39. The fourth-order valence-electron chi connectivity index (χ4n) is 2.22. The number of unbranched alkanes of at least 4 members (excludes halogenated alkanes) is 5. The lowest BCUT2D eigenvalue weighted by molar-refractivity contribution is 0.299. The van der Waals surface area contributed by atoms with Crippen molar-refractivity contribution in [2.75, 3.05) is 6.61 Å². The molecule has 0 bridgehead atoms. The molecule has 2 N–H and O–H groups in total. The van der Waals surface area contributed by atoms with Crippen LogP contribution in [-0.4, -0.2) is 6.61 Å².